The predicted molar refractivity (Wildman–Crippen MR) is 31.5 cm³/mol. The van der Waals surface area contributed by atoms with E-state index in [0.29, 0.717) is 0 Å². The Labute approximate surface area is 52.9 Å². The first kappa shape index (κ1) is 7.97. The summed E-state index contributed by atoms with van der Waals surface area (Å²) in [7, 11) is 0. The fraction of sp³-hybridized carbons (Fsp3) is 0.400. The number of nitrogens with two attached hydrogens (primary N) is 1. The molecule has 4 heteroatoms. The Bertz CT molecular complexity index is 130. The Kier molecular flexibility index (Phi) is 2.73. The first-order chi connectivity index (χ1) is 4.04. The minimum absolute atomic E-state index is 0.329. The fourth-order valence-corrected chi connectivity index (χ4v) is 0.275. The standard InChI is InChI=1S/C5H9NO3/c1-3(5(7)8)9-4(2)6/h4H,1,6H2,2H3,(H,7,8). The molecule has 0 heterocycles. The van der Waals surface area contributed by atoms with Crippen LogP contribution in [0.3, 0.4) is 0 Å². The van der Waals surface area contributed by atoms with Gasteiger partial charge in [0.15, 0.2) is 5.76 Å². The highest BCUT2D eigenvalue weighted by atomic mass is 16.5. The van der Waals surface area contributed by atoms with Gasteiger partial charge in [-0.25, -0.2) is 4.79 Å². The van der Waals surface area contributed by atoms with Gasteiger partial charge in [-0.05, 0) is 13.5 Å². The van der Waals surface area contributed by atoms with Crippen molar-refractivity contribution in [3.05, 3.63) is 12.3 Å². The van der Waals surface area contributed by atoms with E-state index in [2.05, 4.69) is 11.3 Å². The molecular formula is C5H9NO3. The monoisotopic (exact) mass is 131 g/mol. The highest BCUT2D eigenvalue weighted by Gasteiger charge is 2.05. The van der Waals surface area contributed by atoms with Gasteiger partial charge in [0.2, 0.25) is 0 Å². The first-order valence-electron chi connectivity index (χ1n) is 2.38. The first-order valence-corrected chi connectivity index (χ1v) is 2.38. The summed E-state index contributed by atoms with van der Waals surface area (Å²) >= 11 is 0. The van der Waals surface area contributed by atoms with Gasteiger partial charge >= 0.3 is 5.97 Å². The van der Waals surface area contributed by atoms with Crippen molar-refractivity contribution in [1.29, 1.82) is 0 Å². The summed E-state index contributed by atoms with van der Waals surface area (Å²) in [6.07, 6.45) is -0.617. The number of ether oxygens (including phenoxy) is 1. The molecule has 1 atom stereocenters. The van der Waals surface area contributed by atoms with Crippen LogP contribution in [0.25, 0.3) is 0 Å². The van der Waals surface area contributed by atoms with Crippen LogP contribution in [-0.4, -0.2) is 17.3 Å². The Balaban J connectivity index is 3.65. The van der Waals surface area contributed by atoms with Gasteiger partial charge in [-0.2, -0.15) is 0 Å². The Morgan fingerprint density at radius 2 is 2.33 bits per heavy atom. The number of carbonyl (C=O) groups is 1. The van der Waals surface area contributed by atoms with Crippen LogP contribution in [0.15, 0.2) is 12.3 Å². The topological polar surface area (TPSA) is 72.5 Å². The molecule has 0 aromatic heterocycles. The highest BCUT2D eigenvalue weighted by molar-refractivity contribution is 5.83. The summed E-state index contributed by atoms with van der Waals surface area (Å²) in [6.45, 7) is 4.61. The van der Waals surface area contributed by atoms with E-state index in [1.165, 1.54) is 6.92 Å². The molecule has 0 aromatic carbocycles. The second-order valence-electron chi connectivity index (χ2n) is 1.55. The van der Waals surface area contributed by atoms with E-state index in [0.717, 1.165) is 0 Å². The lowest BCUT2D eigenvalue weighted by atomic mass is 10.5. The summed E-state index contributed by atoms with van der Waals surface area (Å²) in [6, 6.07) is 0. The molecule has 1 unspecified atom stereocenters. The van der Waals surface area contributed by atoms with Gasteiger partial charge in [0.05, 0.1) is 0 Å². The van der Waals surface area contributed by atoms with Crippen molar-refractivity contribution in [1.82, 2.24) is 0 Å². The maximum absolute atomic E-state index is 9.95. The molecule has 52 valence electrons. The van der Waals surface area contributed by atoms with Crippen LogP contribution in [0, 0.1) is 0 Å². The largest absolute Gasteiger partial charge is 0.475 e. The summed E-state index contributed by atoms with van der Waals surface area (Å²) in [4.78, 5) is 9.95. The van der Waals surface area contributed by atoms with E-state index in [-0.39, 0.29) is 5.76 Å². The highest BCUT2D eigenvalue weighted by Crippen LogP contribution is 1.94. The van der Waals surface area contributed by atoms with Gasteiger partial charge in [0, 0.05) is 0 Å². The van der Waals surface area contributed by atoms with Gasteiger partial charge in [0.25, 0.3) is 0 Å². The molecule has 0 saturated carbocycles. The summed E-state index contributed by atoms with van der Waals surface area (Å²) < 4.78 is 4.50. The second-order valence-corrected chi connectivity index (χ2v) is 1.55. The smallest absolute Gasteiger partial charge is 0.370 e. The van der Waals surface area contributed by atoms with E-state index in [9.17, 15) is 4.79 Å². The van der Waals surface area contributed by atoms with Crippen LogP contribution in [0.5, 0.6) is 0 Å². The number of carboxylic acids is 1. The molecule has 0 amide bonds. The summed E-state index contributed by atoms with van der Waals surface area (Å²) in [5.74, 6) is -1.52. The Morgan fingerprint density at radius 1 is 1.89 bits per heavy atom. The van der Waals surface area contributed by atoms with Crippen molar-refractivity contribution in [3.8, 4) is 0 Å². The predicted octanol–water partition coefficient (Wildman–Crippen LogP) is -0.0940. The zero-order valence-corrected chi connectivity index (χ0v) is 5.13. The number of carboxylic acid groups (broad SMARTS) is 1. The molecule has 0 aliphatic carbocycles. The van der Waals surface area contributed by atoms with Crippen LogP contribution in [0.1, 0.15) is 6.92 Å². The molecule has 4 nitrogen and oxygen atoms in total. The van der Waals surface area contributed by atoms with E-state index in [1.807, 2.05) is 0 Å². The fourth-order valence-electron chi connectivity index (χ4n) is 0.275. The lowest BCUT2D eigenvalue weighted by Crippen LogP contribution is -2.21. The van der Waals surface area contributed by atoms with Crippen LogP contribution in [0.4, 0.5) is 0 Å². The van der Waals surface area contributed by atoms with E-state index >= 15 is 0 Å². The summed E-state index contributed by atoms with van der Waals surface area (Å²) in [5, 5.41) is 8.15. The quantitative estimate of drug-likeness (QED) is 0.319. The van der Waals surface area contributed by atoms with E-state index in [1.54, 1.807) is 0 Å². The van der Waals surface area contributed by atoms with E-state index < -0.39 is 12.2 Å². The van der Waals surface area contributed by atoms with Gasteiger partial charge in [-0.1, -0.05) is 0 Å². The average Bonchev–Trinajstić information content (AvgIpc) is 1.63. The third-order valence-electron chi connectivity index (χ3n) is 0.567. The maximum Gasteiger partial charge on any atom is 0.370 e. The normalized spacial score (nSPS) is 12.2. The maximum atomic E-state index is 9.95. The average molecular weight is 131 g/mol. The Hall–Kier alpha value is -1.03. The molecule has 0 fully saturated rings. The summed E-state index contributed by atoms with van der Waals surface area (Å²) in [5.41, 5.74) is 5.08. The zero-order valence-electron chi connectivity index (χ0n) is 5.13. The van der Waals surface area contributed by atoms with Crippen molar-refractivity contribution in [2.75, 3.05) is 0 Å². The van der Waals surface area contributed by atoms with Gasteiger partial charge in [-0.15, -0.1) is 0 Å². The second kappa shape index (κ2) is 3.09. The third-order valence-corrected chi connectivity index (χ3v) is 0.567. The van der Waals surface area contributed by atoms with Crippen LogP contribution in [0.2, 0.25) is 0 Å². The van der Waals surface area contributed by atoms with Gasteiger partial charge in [0.1, 0.15) is 6.23 Å². The molecule has 9 heavy (non-hydrogen) atoms. The van der Waals surface area contributed by atoms with Gasteiger partial charge < -0.3 is 9.84 Å². The Morgan fingerprint density at radius 3 is 2.44 bits per heavy atom. The van der Waals surface area contributed by atoms with Crippen molar-refractivity contribution >= 4 is 5.97 Å². The molecule has 0 radical (unpaired) electrons. The van der Waals surface area contributed by atoms with Gasteiger partial charge in [-0.3, -0.25) is 5.73 Å². The molecule has 0 aliphatic rings. The number of hydrogen-bond donors (Lipinski definition) is 2. The molecule has 0 bridgehead atoms. The molecular weight excluding hydrogens is 122 g/mol. The van der Waals surface area contributed by atoms with Crippen molar-refractivity contribution in [2.24, 2.45) is 5.73 Å². The van der Waals surface area contributed by atoms with Crippen LogP contribution >= 0.6 is 0 Å². The molecule has 0 aliphatic heterocycles. The molecule has 0 spiro atoms. The van der Waals surface area contributed by atoms with Crippen molar-refractivity contribution in [2.45, 2.75) is 13.2 Å². The van der Waals surface area contributed by atoms with Crippen LogP contribution in [-0.2, 0) is 9.53 Å². The molecule has 0 rings (SSSR count). The molecule has 3 N–H and O–H groups in total. The third kappa shape index (κ3) is 3.54. The lowest BCUT2D eigenvalue weighted by Gasteiger charge is -2.06. The van der Waals surface area contributed by atoms with Crippen molar-refractivity contribution in [3.63, 3.8) is 0 Å². The minimum atomic E-state index is -1.19. The number of rotatable bonds is 3. The zero-order chi connectivity index (χ0) is 7.44. The number of aliphatic carboxylic acids is 1. The van der Waals surface area contributed by atoms with Crippen LogP contribution < -0.4 is 5.73 Å². The number of hydrogen-bond acceptors (Lipinski definition) is 3. The van der Waals surface area contributed by atoms with E-state index in [4.69, 9.17) is 10.8 Å². The minimum Gasteiger partial charge on any atom is -0.475 e. The molecule has 0 aromatic rings. The van der Waals surface area contributed by atoms with Crippen molar-refractivity contribution < 1.29 is 14.6 Å². The lowest BCUT2D eigenvalue weighted by molar-refractivity contribution is -0.137. The SMILES string of the molecule is C=C(OC(C)N)C(=O)O. The molecule has 0 saturated heterocycles.